The zero-order valence-corrected chi connectivity index (χ0v) is 14.3. The van der Waals surface area contributed by atoms with E-state index < -0.39 is 5.97 Å². The summed E-state index contributed by atoms with van der Waals surface area (Å²) in [6.07, 6.45) is 3.35. The quantitative estimate of drug-likeness (QED) is 0.521. The number of hydrogen-bond donors (Lipinski definition) is 2. The molecule has 2 N–H and O–H groups in total. The van der Waals surface area contributed by atoms with Crippen molar-refractivity contribution in [2.75, 3.05) is 17.7 Å². The number of imidazole rings is 1. The SMILES string of the molecule is CCOC(=O)c1ccccc1NC(=O)CSc1nc2ccncc2[nH]1. The molecule has 0 atom stereocenters. The van der Waals surface area contributed by atoms with Gasteiger partial charge in [-0.3, -0.25) is 9.78 Å². The number of thioether (sulfide) groups is 1. The number of nitrogens with one attached hydrogen (secondary N) is 2. The summed E-state index contributed by atoms with van der Waals surface area (Å²) in [4.78, 5) is 35.6. The molecule has 128 valence electrons. The van der Waals surface area contributed by atoms with Gasteiger partial charge in [-0.15, -0.1) is 0 Å². The minimum Gasteiger partial charge on any atom is -0.462 e. The molecular formula is C17H16N4O3S. The smallest absolute Gasteiger partial charge is 0.340 e. The Labute approximate surface area is 148 Å². The molecule has 0 radical (unpaired) electrons. The van der Waals surface area contributed by atoms with Crippen molar-refractivity contribution < 1.29 is 14.3 Å². The number of carbonyl (C=O) groups is 2. The van der Waals surface area contributed by atoms with Crippen LogP contribution in [-0.2, 0) is 9.53 Å². The number of amides is 1. The van der Waals surface area contributed by atoms with Crippen LogP contribution in [0.15, 0.2) is 47.9 Å². The second kappa shape index (κ2) is 7.80. The number of hydrogen-bond acceptors (Lipinski definition) is 6. The first-order chi connectivity index (χ1) is 12.2. The zero-order valence-electron chi connectivity index (χ0n) is 13.5. The van der Waals surface area contributed by atoms with Crippen LogP contribution in [0.1, 0.15) is 17.3 Å². The van der Waals surface area contributed by atoms with E-state index in [1.54, 1.807) is 49.6 Å². The molecule has 2 heterocycles. The largest absolute Gasteiger partial charge is 0.462 e. The van der Waals surface area contributed by atoms with Crippen molar-refractivity contribution >= 4 is 40.4 Å². The predicted octanol–water partition coefficient (Wildman–Crippen LogP) is 2.87. The van der Waals surface area contributed by atoms with E-state index in [4.69, 9.17) is 4.74 Å². The molecule has 0 saturated carbocycles. The molecule has 3 aromatic rings. The maximum Gasteiger partial charge on any atom is 0.340 e. The molecule has 0 aliphatic rings. The Hall–Kier alpha value is -2.87. The van der Waals surface area contributed by atoms with Gasteiger partial charge in [0.05, 0.1) is 40.8 Å². The number of para-hydroxylation sites is 1. The van der Waals surface area contributed by atoms with Crippen LogP contribution in [0.4, 0.5) is 5.69 Å². The molecule has 3 rings (SSSR count). The lowest BCUT2D eigenvalue weighted by Crippen LogP contribution is -2.17. The standard InChI is InChI=1S/C17H16N4O3S/c1-2-24-16(23)11-5-3-4-6-12(11)19-15(22)10-25-17-20-13-7-8-18-9-14(13)21-17/h3-9H,2,10H2,1H3,(H,19,22)(H,20,21). The molecule has 2 aromatic heterocycles. The normalized spacial score (nSPS) is 10.6. The van der Waals surface area contributed by atoms with E-state index in [0.29, 0.717) is 16.4 Å². The van der Waals surface area contributed by atoms with E-state index in [1.807, 2.05) is 0 Å². The van der Waals surface area contributed by atoms with Gasteiger partial charge in [-0.05, 0) is 25.1 Å². The Morgan fingerprint density at radius 3 is 2.92 bits per heavy atom. The number of nitrogens with zero attached hydrogens (tertiary/aromatic N) is 2. The van der Waals surface area contributed by atoms with E-state index >= 15 is 0 Å². The Morgan fingerprint density at radius 1 is 1.28 bits per heavy atom. The van der Waals surface area contributed by atoms with Gasteiger partial charge < -0.3 is 15.0 Å². The lowest BCUT2D eigenvalue weighted by molar-refractivity contribution is -0.113. The third-order valence-electron chi connectivity index (χ3n) is 3.30. The van der Waals surface area contributed by atoms with Crippen LogP contribution in [0.5, 0.6) is 0 Å². The fourth-order valence-electron chi connectivity index (χ4n) is 2.20. The zero-order chi connectivity index (χ0) is 17.6. The number of rotatable bonds is 6. The molecule has 7 nitrogen and oxygen atoms in total. The number of anilines is 1. The maximum atomic E-state index is 12.2. The molecule has 0 aliphatic heterocycles. The second-order valence-electron chi connectivity index (χ2n) is 5.04. The number of H-pyrrole nitrogens is 1. The molecule has 0 saturated heterocycles. The monoisotopic (exact) mass is 356 g/mol. The van der Waals surface area contributed by atoms with E-state index in [2.05, 4.69) is 20.3 Å². The summed E-state index contributed by atoms with van der Waals surface area (Å²) in [5.74, 6) is -0.541. The first-order valence-electron chi connectivity index (χ1n) is 7.66. The number of carbonyl (C=O) groups excluding carboxylic acids is 2. The highest BCUT2D eigenvalue weighted by Gasteiger charge is 2.14. The Balaban J connectivity index is 1.64. The molecule has 25 heavy (non-hydrogen) atoms. The van der Waals surface area contributed by atoms with Crippen LogP contribution in [0.2, 0.25) is 0 Å². The summed E-state index contributed by atoms with van der Waals surface area (Å²) < 4.78 is 5.00. The molecule has 0 bridgehead atoms. The number of aromatic amines is 1. The Morgan fingerprint density at radius 2 is 2.12 bits per heavy atom. The van der Waals surface area contributed by atoms with Crippen LogP contribution < -0.4 is 5.32 Å². The summed E-state index contributed by atoms with van der Waals surface area (Å²) in [6, 6.07) is 8.55. The van der Waals surface area contributed by atoms with Gasteiger partial charge in [-0.25, -0.2) is 9.78 Å². The van der Waals surface area contributed by atoms with Gasteiger partial charge >= 0.3 is 5.97 Å². The molecule has 0 unspecified atom stereocenters. The lowest BCUT2D eigenvalue weighted by Gasteiger charge is -2.09. The molecule has 0 fully saturated rings. The van der Waals surface area contributed by atoms with Crippen LogP contribution in [0.25, 0.3) is 11.0 Å². The van der Waals surface area contributed by atoms with Crippen LogP contribution >= 0.6 is 11.8 Å². The van der Waals surface area contributed by atoms with Crippen molar-refractivity contribution in [1.82, 2.24) is 15.0 Å². The summed E-state index contributed by atoms with van der Waals surface area (Å²) in [5, 5.41) is 3.38. The van der Waals surface area contributed by atoms with Crippen LogP contribution in [-0.4, -0.2) is 39.2 Å². The van der Waals surface area contributed by atoms with Gasteiger partial charge in [0, 0.05) is 6.20 Å². The van der Waals surface area contributed by atoms with Crippen molar-refractivity contribution in [1.29, 1.82) is 0 Å². The highest BCUT2D eigenvalue weighted by Crippen LogP contribution is 2.20. The van der Waals surface area contributed by atoms with Crippen molar-refractivity contribution in [2.24, 2.45) is 0 Å². The van der Waals surface area contributed by atoms with Gasteiger partial charge in [0.2, 0.25) is 5.91 Å². The molecule has 1 aromatic carbocycles. The number of ether oxygens (including phenoxy) is 1. The highest BCUT2D eigenvalue weighted by atomic mass is 32.2. The van der Waals surface area contributed by atoms with Gasteiger partial charge in [-0.2, -0.15) is 0 Å². The molecule has 0 aliphatic carbocycles. The van der Waals surface area contributed by atoms with Crippen LogP contribution in [0, 0.1) is 0 Å². The third kappa shape index (κ3) is 4.16. The topological polar surface area (TPSA) is 97.0 Å². The summed E-state index contributed by atoms with van der Waals surface area (Å²) in [5.41, 5.74) is 2.38. The predicted molar refractivity (Wildman–Crippen MR) is 95.6 cm³/mol. The first-order valence-corrected chi connectivity index (χ1v) is 8.64. The number of aromatic nitrogens is 3. The number of benzene rings is 1. The minimum atomic E-state index is -0.462. The average molecular weight is 356 g/mol. The minimum absolute atomic E-state index is 0.157. The molecule has 0 spiro atoms. The molecule has 8 heteroatoms. The lowest BCUT2D eigenvalue weighted by atomic mass is 10.2. The van der Waals surface area contributed by atoms with Gasteiger partial charge in [0.15, 0.2) is 5.16 Å². The number of esters is 1. The number of fused-ring (bicyclic) bond motifs is 1. The number of pyridine rings is 1. The van der Waals surface area contributed by atoms with Gasteiger partial charge in [0.25, 0.3) is 0 Å². The summed E-state index contributed by atoms with van der Waals surface area (Å²) in [7, 11) is 0. The van der Waals surface area contributed by atoms with Gasteiger partial charge in [0.1, 0.15) is 0 Å². The van der Waals surface area contributed by atoms with E-state index in [-0.39, 0.29) is 18.3 Å². The van der Waals surface area contributed by atoms with Crippen molar-refractivity contribution in [3.63, 3.8) is 0 Å². The van der Waals surface area contributed by atoms with Crippen LogP contribution in [0.3, 0.4) is 0 Å². The summed E-state index contributed by atoms with van der Waals surface area (Å²) in [6.45, 7) is 2.01. The fraction of sp³-hybridized carbons (Fsp3) is 0.176. The highest BCUT2D eigenvalue weighted by molar-refractivity contribution is 7.99. The third-order valence-corrected chi connectivity index (χ3v) is 4.17. The van der Waals surface area contributed by atoms with E-state index in [1.165, 1.54) is 11.8 Å². The van der Waals surface area contributed by atoms with Crippen molar-refractivity contribution in [2.45, 2.75) is 12.1 Å². The maximum absolute atomic E-state index is 12.2. The fourth-order valence-corrected chi connectivity index (χ4v) is 2.89. The summed E-state index contributed by atoms with van der Waals surface area (Å²) >= 11 is 1.28. The van der Waals surface area contributed by atoms with Crippen molar-refractivity contribution in [3.05, 3.63) is 48.3 Å². The van der Waals surface area contributed by atoms with Gasteiger partial charge in [-0.1, -0.05) is 23.9 Å². The van der Waals surface area contributed by atoms with E-state index in [0.717, 1.165) is 11.0 Å². The molecular weight excluding hydrogens is 340 g/mol. The Bertz CT molecular complexity index is 877. The second-order valence-corrected chi connectivity index (χ2v) is 6.00. The first kappa shape index (κ1) is 17.0. The molecule has 1 amide bonds. The Kier molecular flexibility index (Phi) is 5.30. The average Bonchev–Trinajstić information content (AvgIpc) is 3.03. The van der Waals surface area contributed by atoms with E-state index in [9.17, 15) is 9.59 Å². The van der Waals surface area contributed by atoms with Crippen molar-refractivity contribution in [3.8, 4) is 0 Å².